The van der Waals surface area contributed by atoms with Crippen molar-refractivity contribution in [3.63, 3.8) is 0 Å². The van der Waals surface area contributed by atoms with Crippen molar-refractivity contribution in [2.24, 2.45) is 0 Å². The van der Waals surface area contributed by atoms with E-state index in [1.807, 2.05) is 18.2 Å². The van der Waals surface area contributed by atoms with Gasteiger partial charge in [-0.2, -0.15) is 0 Å². The minimum absolute atomic E-state index is 0. The summed E-state index contributed by atoms with van der Waals surface area (Å²) in [6.07, 6.45) is 2.63. The number of aryl methyl sites for hydroxylation is 1. The van der Waals surface area contributed by atoms with Crippen LogP contribution in [0.5, 0.6) is 5.75 Å². The van der Waals surface area contributed by atoms with Crippen molar-refractivity contribution in [2.45, 2.75) is 39.0 Å². The highest BCUT2D eigenvalue weighted by atomic mass is 35.5. The zero-order valence-corrected chi connectivity index (χ0v) is 16.0. The second kappa shape index (κ2) is 10.0. The fourth-order valence-corrected chi connectivity index (χ4v) is 3.04. The maximum Gasteiger partial charge on any atom is 0.124 e. The van der Waals surface area contributed by atoms with Gasteiger partial charge in [0.2, 0.25) is 0 Å². The molecule has 136 valence electrons. The van der Waals surface area contributed by atoms with Crippen molar-refractivity contribution >= 4 is 24.0 Å². The van der Waals surface area contributed by atoms with E-state index in [0.717, 1.165) is 54.4 Å². The van der Waals surface area contributed by atoms with Gasteiger partial charge in [-0.3, -0.25) is 0 Å². The normalized spacial score (nSPS) is 16.5. The van der Waals surface area contributed by atoms with Gasteiger partial charge in [0.05, 0.1) is 6.10 Å². The van der Waals surface area contributed by atoms with Crippen LogP contribution in [0.2, 0.25) is 5.02 Å². The van der Waals surface area contributed by atoms with Crippen LogP contribution in [0.25, 0.3) is 0 Å². The number of rotatable bonds is 7. The quantitative estimate of drug-likeness (QED) is 0.738. The highest BCUT2D eigenvalue weighted by Crippen LogP contribution is 2.24. The highest BCUT2D eigenvalue weighted by molar-refractivity contribution is 6.30. The molecule has 1 saturated heterocycles. The van der Waals surface area contributed by atoms with Gasteiger partial charge in [-0.25, -0.2) is 0 Å². The maximum absolute atomic E-state index is 6.15. The molecule has 2 aromatic carbocycles. The minimum atomic E-state index is 0. The largest absolute Gasteiger partial charge is 0.489 e. The Bertz CT molecular complexity index is 655. The van der Waals surface area contributed by atoms with Crippen LogP contribution in [0, 0.1) is 6.92 Å². The SMILES string of the molecule is Cc1ccc(COc2ccc(Cl)cc2CNCC2CCCO2)cc1.Cl. The van der Waals surface area contributed by atoms with Gasteiger partial charge in [0.15, 0.2) is 0 Å². The lowest BCUT2D eigenvalue weighted by Crippen LogP contribution is -2.26. The summed E-state index contributed by atoms with van der Waals surface area (Å²) in [4.78, 5) is 0. The molecule has 3 nitrogen and oxygen atoms in total. The van der Waals surface area contributed by atoms with E-state index in [9.17, 15) is 0 Å². The van der Waals surface area contributed by atoms with Gasteiger partial charge >= 0.3 is 0 Å². The third-order valence-corrected chi connectivity index (χ3v) is 4.48. The van der Waals surface area contributed by atoms with E-state index in [-0.39, 0.29) is 12.4 Å². The summed E-state index contributed by atoms with van der Waals surface area (Å²) < 4.78 is 11.7. The lowest BCUT2D eigenvalue weighted by atomic mass is 10.1. The molecule has 5 heteroatoms. The Morgan fingerprint density at radius 2 is 2.00 bits per heavy atom. The molecule has 0 radical (unpaired) electrons. The molecule has 1 fully saturated rings. The molecule has 0 bridgehead atoms. The highest BCUT2D eigenvalue weighted by Gasteiger charge is 2.15. The molecule has 3 rings (SSSR count). The standard InChI is InChI=1S/C20H24ClNO2.ClH/c1-15-4-6-16(7-5-15)14-24-20-9-8-18(21)11-17(20)12-22-13-19-3-2-10-23-19;/h4-9,11,19,22H,2-3,10,12-14H2,1H3;1H. The smallest absolute Gasteiger partial charge is 0.124 e. The molecule has 1 N–H and O–H groups in total. The van der Waals surface area contributed by atoms with Crippen LogP contribution in [0.1, 0.15) is 29.5 Å². The van der Waals surface area contributed by atoms with E-state index in [1.54, 1.807) is 0 Å². The van der Waals surface area contributed by atoms with Crippen LogP contribution in [0.4, 0.5) is 0 Å². The van der Waals surface area contributed by atoms with Gasteiger partial charge in [-0.15, -0.1) is 12.4 Å². The average molecular weight is 382 g/mol. The van der Waals surface area contributed by atoms with Gasteiger partial charge in [-0.05, 0) is 43.5 Å². The monoisotopic (exact) mass is 381 g/mol. The fourth-order valence-electron chi connectivity index (χ4n) is 2.85. The summed E-state index contributed by atoms with van der Waals surface area (Å²) in [5.41, 5.74) is 3.49. The Morgan fingerprint density at radius 1 is 1.20 bits per heavy atom. The number of benzene rings is 2. The first kappa shape index (κ1) is 20.1. The third-order valence-electron chi connectivity index (χ3n) is 4.25. The molecule has 0 aliphatic carbocycles. The van der Waals surface area contributed by atoms with E-state index < -0.39 is 0 Å². The molecule has 1 atom stereocenters. The third kappa shape index (κ3) is 6.19. The second-order valence-electron chi connectivity index (χ2n) is 6.29. The van der Waals surface area contributed by atoms with Crippen molar-refractivity contribution in [2.75, 3.05) is 13.2 Å². The summed E-state index contributed by atoms with van der Waals surface area (Å²) in [5, 5.41) is 4.18. The Balaban J connectivity index is 0.00000225. The van der Waals surface area contributed by atoms with Crippen molar-refractivity contribution < 1.29 is 9.47 Å². The maximum atomic E-state index is 6.15. The Hall–Kier alpha value is -1.26. The Kier molecular flexibility index (Phi) is 8.04. The molecule has 0 saturated carbocycles. The minimum Gasteiger partial charge on any atom is -0.489 e. The van der Waals surface area contributed by atoms with Gasteiger partial charge in [0.25, 0.3) is 0 Å². The van der Waals surface area contributed by atoms with E-state index in [1.165, 1.54) is 5.56 Å². The molecular formula is C20H25Cl2NO2. The van der Waals surface area contributed by atoms with Crippen LogP contribution < -0.4 is 10.1 Å². The van der Waals surface area contributed by atoms with Crippen molar-refractivity contribution in [1.82, 2.24) is 5.32 Å². The predicted octanol–water partition coefficient (Wildman–Crippen LogP) is 4.92. The Morgan fingerprint density at radius 3 is 2.72 bits per heavy atom. The lowest BCUT2D eigenvalue weighted by Gasteiger charge is -2.15. The Labute approximate surface area is 161 Å². The van der Waals surface area contributed by atoms with Gasteiger partial charge in [0, 0.05) is 30.3 Å². The molecular weight excluding hydrogens is 357 g/mol. The second-order valence-corrected chi connectivity index (χ2v) is 6.73. The van der Waals surface area contributed by atoms with Crippen LogP contribution >= 0.6 is 24.0 Å². The van der Waals surface area contributed by atoms with E-state index in [2.05, 4.69) is 36.5 Å². The van der Waals surface area contributed by atoms with E-state index in [4.69, 9.17) is 21.1 Å². The zero-order valence-electron chi connectivity index (χ0n) is 14.5. The molecule has 0 amide bonds. The summed E-state index contributed by atoms with van der Waals surface area (Å²) >= 11 is 6.15. The molecule has 1 aliphatic rings. The predicted molar refractivity (Wildman–Crippen MR) is 105 cm³/mol. The van der Waals surface area contributed by atoms with Crippen molar-refractivity contribution in [3.05, 3.63) is 64.2 Å². The topological polar surface area (TPSA) is 30.5 Å². The van der Waals surface area contributed by atoms with Crippen LogP contribution in [-0.4, -0.2) is 19.3 Å². The summed E-state index contributed by atoms with van der Waals surface area (Å²) in [6, 6.07) is 14.2. The number of hydrogen-bond acceptors (Lipinski definition) is 3. The number of halogens is 2. The van der Waals surface area contributed by atoms with Crippen molar-refractivity contribution in [1.29, 1.82) is 0 Å². The summed E-state index contributed by atoms with van der Waals surface area (Å²) in [5.74, 6) is 0.875. The average Bonchev–Trinajstić information content (AvgIpc) is 3.09. The van der Waals surface area contributed by atoms with E-state index in [0.29, 0.717) is 12.7 Å². The van der Waals surface area contributed by atoms with E-state index >= 15 is 0 Å². The molecule has 1 aliphatic heterocycles. The molecule has 1 unspecified atom stereocenters. The number of hydrogen-bond donors (Lipinski definition) is 1. The zero-order chi connectivity index (χ0) is 16.8. The molecule has 1 heterocycles. The molecule has 2 aromatic rings. The molecule has 25 heavy (non-hydrogen) atoms. The summed E-state index contributed by atoms with van der Waals surface area (Å²) in [7, 11) is 0. The number of nitrogens with one attached hydrogen (secondary N) is 1. The first-order chi connectivity index (χ1) is 11.7. The first-order valence-corrected chi connectivity index (χ1v) is 8.87. The lowest BCUT2D eigenvalue weighted by molar-refractivity contribution is 0.110. The number of ether oxygens (including phenoxy) is 2. The van der Waals surface area contributed by atoms with Gasteiger partial charge in [0.1, 0.15) is 12.4 Å². The van der Waals surface area contributed by atoms with Gasteiger partial charge < -0.3 is 14.8 Å². The van der Waals surface area contributed by atoms with Gasteiger partial charge in [-0.1, -0.05) is 41.4 Å². The molecule has 0 spiro atoms. The summed E-state index contributed by atoms with van der Waals surface area (Å²) in [6.45, 7) is 5.12. The fraction of sp³-hybridized carbons (Fsp3) is 0.400. The van der Waals surface area contributed by atoms with Crippen LogP contribution in [-0.2, 0) is 17.9 Å². The molecule has 0 aromatic heterocycles. The van der Waals surface area contributed by atoms with Crippen molar-refractivity contribution in [3.8, 4) is 5.75 Å². The van der Waals surface area contributed by atoms with Crippen LogP contribution in [0.15, 0.2) is 42.5 Å². The van der Waals surface area contributed by atoms with Crippen LogP contribution in [0.3, 0.4) is 0 Å². The first-order valence-electron chi connectivity index (χ1n) is 8.50.